The molecule has 0 aromatic heterocycles. The lowest BCUT2D eigenvalue weighted by atomic mass is 9.80. The largest absolute Gasteiger partial charge is 0.504 e. The monoisotopic (exact) mass is 572 g/mol. The van der Waals surface area contributed by atoms with Gasteiger partial charge in [-0.25, -0.2) is 4.79 Å². The molecule has 2 heterocycles. The average molecular weight is 573 g/mol. The highest BCUT2D eigenvalue weighted by molar-refractivity contribution is 5.87. The second-order valence-corrected chi connectivity index (χ2v) is 11.3. The van der Waals surface area contributed by atoms with Gasteiger partial charge < -0.3 is 44.5 Å². The van der Waals surface area contributed by atoms with Crippen LogP contribution in [-0.4, -0.2) is 87.0 Å². The number of fused-ring (bicyclic) bond motifs is 3. The summed E-state index contributed by atoms with van der Waals surface area (Å²) < 4.78 is 23.3. The van der Waals surface area contributed by atoms with E-state index in [1.807, 2.05) is 6.92 Å². The Bertz CT molecular complexity index is 1240. The Balaban J connectivity index is 1.34. The van der Waals surface area contributed by atoms with E-state index < -0.39 is 49.4 Å². The summed E-state index contributed by atoms with van der Waals surface area (Å²) in [6, 6.07) is 3.97. The van der Waals surface area contributed by atoms with Gasteiger partial charge in [-0.15, -0.1) is 0 Å². The van der Waals surface area contributed by atoms with E-state index >= 15 is 0 Å². The van der Waals surface area contributed by atoms with Gasteiger partial charge in [-0.3, -0.25) is 4.79 Å². The Morgan fingerprint density at radius 2 is 1.93 bits per heavy atom. The highest BCUT2D eigenvalue weighted by Gasteiger charge is 2.56. The molecular weight excluding hydrogens is 536 g/mol. The molecule has 4 fully saturated rings. The molecule has 0 bridgehead atoms. The number of rotatable bonds is 6. The predicted molar refractivity (Wildman–Crippen MR) is 143 cm³/mol. The van der Waals surface area contributed by atoms with E-state index in [-0.39, 0.29) is 47.2 Å². The number of aromatic hydroxyl groups is 2. The summed E-state index contributed by atoms with van der Waals surface area (Å²) in [6.45, 7) is 9.81. The average Bonchev–Trinajstić information content (AvgIpc) is 3.36. The summed E-state index contributed by atoms with van der Waals surface area (Å²) in [7, 11) is 0. The predicted octanol–water partition coefficient (Wildman–Crippen LogP) is 1.57. The van der Waals surface area contributed by atoms with Gasteiger partial charge in [-0.1, -0.05) is 31.7 Å². The van der Waals surface area contributed by atoms with Crippen LogP contribution >= 0.6 is 0 Å². The molecule has 4 aliphatic rings. The number of aliphatic hydroxyl groups excluding tert-OH is 3. The molecule has 41 heavy (non-hydrogen) atoms. The van der Waals surface area contributed by atoms with E-state index in [2.05, 4.69) is 13.2 Å². The lowest BCUT2D eigenvalue weighted by Gasteiger charge is -2.42. The molecule has 5 N–H and O–H groups in total. The zero-order valence-electron chi connectivity index (χ0n) is 22.7. The minimum atomic E-state index is -1.64. The summed E-state index contributed by atoms with van der Waals surface area (Å²) in [4.78, 5) is 25.1. The molecule has 2 saturated carbocycles. The normalized spacial score (nSPS) is 38.8. The minimum Gasteiger partial charge on any atom is -0.504 e. The van der Waals surface area contributed by atoms with E-state index in [1.165, 1.54) is 24.3 Å². The van der Waals surface area contributed by atoms with Crippen LogP contribution in [0.5, 0.6) is 11.5 Å². The van der Waals surface area contributed by atoms with Gasteiger partial charge in [0.2, 0.25) is 0 Å². The van der Waals surface area contributed by atoms with Gasteiger partial charge in [0.15, 0.2) is 23.9 Å². The van der Waals surface area contributed by atoms with Crippen molar-refractivity contribution in [3.05, 3.63) is 54.1 Å². The lowest BCUT2D eigenvalue weighted by molar-refractivity contribution is -0.310. The smallest absolute Gasteiger partial charge is 0.331 e. The van der Waals surface area contributed by atoms with Crippen molar-refractivity contribution in [1.29, 1.82) is 0 Å². The fourth-order valence-corrected chi connectivity index (χ4v) is 6.52. The second kappa shape index (κ2) is 11.6. The van der Waals surface area contributed by atoms with Crippen LogP contribution < -0.4 is 0 Å². The molecule has 11 nitrogen and oxygen atoms in total. The fourth-order valence-electron chi connectivity index (χ4n) is 6.52. The standard InChI is InChI=1S/C30H36O11/c1-13-4-7-17-14(2)29(37)41-27(17)24-15(3)21(11-18(13)24)38-30-28(26(36)25(35)22(12-31)39-30)40-23(34)9-6-16-5-8-19(32)20(33)10-16/h5-6,8-10,14,17-18,21-22,24-28,30-33,35-36H,1,3-4,7,11-12H2,2H3/b9-6+/t14?,17?,18?,21?,22-,24?,25-,26+,27?,28-,30-/m1/s1. The van der Waals surface area contributed by atoms with Gasteiger partial charge in [0, 0.05) is 17.9 Å². The third-order valence-corrected chi connectivity index (χ3v) is 8.90. The van der Waals surface area contributed by atoms with Crippen LogP contribution in [0.15, 0.2) is 48.6 Å². The second-order valence-electron chi connectivity index (χ2n) is 11.3. The quantitative estimate of drug-likeness (QED) is 0.145. The number of allylic oxidation sites excluding steroid dienone is 1. The topological polar surface area (TPSA) is 172 Å². The molecule has 0 spiro atoms. The summed E-state index contributed by atoms with van der Waals surface area (Å²) in [5, 5.41) is 50.2. The number of hydrogen-bond donors (Lipinski definition) is 5. The number of phenols is 2. The number of phenolic OH excluding ortho intramolecular Hbond substituents is 2. The molecule has 1 aromatic rings. The Hall–Kier alpha value is -3.22. The van der Waals surface area contributed by atoms with Crippen molar-refractivity contribution in [3.63, 3.8) is 0 Å². The zero-order valence-corrected chi connectivity index (χ0v) is 22.7. The van der Waals surface area contributed by atoms with Gasteiger partial charge in [-0.05, 0) is 54.5 Å². The van der Waals surface area contributed by atoms with E-state index in [9.17, 15) is 35.1 Å². The summed E-state index contributed by atoms with van der Waals surface area (Å²) in [5.41, 5.74) is 2.09. The summed E-state index contributed by atoms with van der Waals surface area (Å²) >= 11 is 0. The van der Waals surface area contributed by atoms with E-state index in [0.717, 1.165) is 24.5 Å². The Kier molecular flexibility index (Phi) is 8.27. The van der Waals surface area contributed by atoms with Crippen LogP contribution in [-0.2, 0) is 28.5 Å². The van der Waals surface area contributed by atoms with E-state index in [4.69, 9.17) is 18.9 Å². The molecule has 1 aromatic carbocycles. The third kappa shape index (κ3) is 5.52. The maximum atomic E-state index is 12.7. The van der Waals surface area contributed by atoms with Crippen LogP contribution in [0.4, 0.5) is 0 Å². The molecule has 2 aliphatic carbocycles. The van der Waals surface area contributed by atoms with Crippen LogP contribution in [0.1, 0.15) is 31.7 Å². The Morgan fingerprint density at radius 1 is 1.17 bits per heavy atom. The van der Waals surface area contributed by atoms with Crippen molar-refractivity contribution in [2.45, 2.75) is 69.1 Å². The first-order valence-electron chi connectivity index (χ1n) is 13.8. The minimum absolute atomic E-state index is 0.0300. The first-order chi connectivity index (χ1) is 19.5. The molecule has 5 rings (SSSR count). The number of benzene rings is 1. The first-order valence-corrected chi connectivity index (χ1v) is 13.8. The Labute approximate surface area is 237 Å². The van der Waals surface area contributed by atoms with Gasteiger partial charge in [0.25, 0.3) is 0 Å². The maximum Gasteiger partial charge on any atom is 0.331 e. The first kappa shape index (κ1) is 29.3. The number of carbonyl (C=O) groups is 2. The molecule has 0 radical (unpaired) electrons. The zero-order chi connectivity index (χ0) is 29.6. The highest BCUT2D eigenvalue weighted by Crippen LogP contribution is 2.53. The van der Waals surface area contributed by atoms with Crippen molar-refractivity contribution in [2.24, 2.45) is 23.7 Å². The number of aliphatic hydroxyl groups is 3. The molecule has 11 atom stereocenters. The molecular formula is C30H36O11. The molecule has 222 valence electrons. The summed E-state index contributed by atoms with van der Waals surface area (Å²) in [5.74, 6) is -2.29. The van der Waals surface area contributed by atoms with E-state index in [1.54, 1.807) is 0 Å². The third-order valence-electron chi connectivity index (χ3n) is 8.90. The fraction of sp³-hybridized carbons (Fsp3) is 0.533. The van der Waals surface area contributed by atoms with Gasteiger partial charge in [0.1, 0.15) is 24.4 Å². The lowest BCUT2D eigenvalue weighted by Crippen LogP contribution is -2.60. The highest BCUT2D eigenvalue weighted by atomic mass is 16.7. The molecule has 0 amide bonds. The number of ether oxygens (including phenoxy) is 4. The van der Waals surface area contributed by atoms with Crippen molar-refractivity contribution in [2.75, 3.05) is 6.61 Å². The van der Waals surface area contributed by atoms with Crippen molar-refractivity contribution in [3.8, 4) is 11.5 Å². The van der Waals surface area contributed by atoms with Gasteiger partial charge >= 0.3 is 11.9 Å². The number of carbonyl (C=O) groups excluding carboxylic acids is 2. The molecule has 11 heteroatoms. The maximum absolute atomic E-state index is 12.7. The van der Waals surface area contributed by atoms with Crippen molar-refractivity contribution < 1.29 is 54.1 Å². The molecule has 2 aliphatic heterocycles. The van der Waals surface area contributed by atoms with Crippen molar-refractivity contribution >= 4 is 18.0 Å². The van der Waals surface area contributed by atoms with Crippen LogP contribution in [0, 0.1) is 23.7 Å². The Morgan fingerprint density at radius 3 is 2.63 bits per heavy atom. The van der Waals surface area contributed by atoms with Crippen LogP contribution in [0.3, 0.4) is 0 Å². The van der Waals surface area contributed by atoms with Crippen LogP contribution in [0.25, 0.3) is 6.08 Å². The number of esters is 2. The number of hydrogen-bond acceptors (Lipinski definition) is 11. The SMILES string of the molecule is C=C1CCC2C(C)C(=O)OC2C2C(=C)C(O[C@@H]3O[C@H](CO)[C@@H](O)[C@H](O)[C@H]3OC(=O)/C=C/c3ccc(O)c(O)c3)CC12. The van der Waals surface area contributed by atoms with Gasteiger partial charge in [-0.2, -0.15) is 0 Å². The van der Waals surface area contributed by atoms with Gasteiger partial charge in [0.05, 0.1) is 18.6 Å². The van der Waals surface area contributed by atoms with E-state index in [0.29, 0.717) is 17.6 Å². The van der Waals surface area contributed by atoms with Crippen LogP contribution in [0.2, 0.25) is 0 Å². The molecule has 6 unspecified atom stereocenters. The molecule has 2 saturated heterocycles. The van der Waals surface area contributed by atoms with Crippen molar-refractivity contribution in [1.82, 2.24) is 0 Å². The summed E-state index contributed by atoms with van der Waals surface area (Å²) in [6.07, 6.45) is -3.82.